The number of carbonyl (C=O) groups excluding carboxylic acids is 1. The third-order valence-corrected chi connectivity index (χ3v) is 7.14. The molecule has 0 aliphatic carbocycles. The molecule has 0 unspecified atom stereocenters. The van der Waals surface area contributed by atoms with E-state index < -0.39 is 5.97 Å². The summed E-state index contributed by atoms with van der Waals surface area (Å²) in [4.78, 5) is 13.6. The number of carbonyl (C=O) groups is 1. The first-order chi connectivity index (χ1) is 15.4. The molecule has 4 aromatic rings. The van der Waals surface area contributed by atoms with Crippen LogP contribution in [0.15, 0.2) is 82.7 Å². The van der Waals surface area contributed by atoms with Crippen molar-refractivity contribution in [2.75, 3.05) is 0 Å². The first kappa shape index (κ1) is 22.7. The average Bonchev–Trinajstić information content (AvgIpc) is 3.11. The smallest absolute Gasteiger partial charge is 0.338 e. The summed E-state index contributed by atoms with van der Waals surface area (Å²) in [5.41, 5.74) is 2.78. The van der Waals surface area contributed by atoms with Gasteiger partial charge in [-0.3, -0.25) is 4.68 Å². The van der Waals surface area contributed by atoms with E-state index in [1.807, 2.05) is 61.6 Å². The number of halogens is 3. The Morgan fingerprint density at radius 3 is 2.38 bits per heavy atom. The van der Waals surface area contributed by atoms with Crippen molar-refractivity contribution in [2.45, 2.75) is 16.5 Å². The van der Waals surface area contributed by atoms with Gasteiger partial charge in [0.15, 0.2) is 0 Å². The van der Waals surface area contributed by atoms with Gasteiger partial charge < -0.3 is 4.74 Å². The van der Waals surface area contributed by atoms with Gasteiger partial charge in [-0.2, -0.15) is 5.10 Å². The monoisotopic (exact) mass is 502 g/mol. The van der Waals surface area contributed by atoms with Crippen LogP contribution >= 0.6 is 46.6 Å². The minimum absolute atomic E-state index is 0.0317. The highest BCUT2D eigenvalue weighted by atomic mass is 35.5. The fourth-order valence-electron chi connectivity index (χ4n) is 3.11. The normalized spacial score (nSPS) is 10.9. The fourth-order valence-corrected chi connectivity index (χ4v) is 4.64. The Morgan fingerprint density at radius 2 is 1.66 bits per heavy atom. The molecule has 1 aromatic heterocycles. The average molecular weight is 504 g/mol. The second-order valence-corrected chi connectivity index (χ2v) is 9.11. The maximum atomic E-state index is 12.7. The van der Waals surface area contributed by atoms with Crippen molar-refractivity contribution in [1.82, 2.24) is 9.78 Å². The van der Waals surface area contributed by atoms with Crippen LogP contribution < -0.4 is 0 Å². The Bertz CT molecular complexity index is 1280. The molecule has 0 aliphatic heterocycles. The molecular weight excluding hydrogens is 487 g/mol. The summed E-state index contributed by atoms with van der Waals surface area (Å²) in [7, 11) is 1.86. The first-order valence-electron chi connectivity index (χ1n) is 9.60. The number of nitrogens with zero attached hydrogens (tertiary/aromatic N) is 2. The topological polar surface area (TPSA) is 44.1 Å². The number of ether oxygens (including phenoxy) is 1. The molecule has 0 saturated heterocycles. The van der Waals surface area contributed by atoms with E-state index in [4.69, 9.17) is 44.6 Å². The molecule has 32 heavy (non-hydrogen) atoms. The molecule has 0 fully saturated rings. The molecule has 4 nitrogen and oxygen atoms in total. The van der Waals surface area contributed by atoms with Crippen molar-refractivity contribution < 1.29 is 9.53 Å². The Labute approximate surface area is 205 Å². The molecule has 162 valence electrons. The Hall–Kier alpha value is -2.44. The molecule has 0 saturated carbocycles. The van der Waals surface area contributed by atoms with Gasteiger partial charge in [0.25, 0.3) is 0 Å². The molecule has 3 aromatic carbocycles. The zero-order valence-corrected chi connectivity index (χ0v) is 20.0. The molecular formula is C24H17Cl3N2O2S. The second kappa shape index (κ2) is 10.0. The molecule has 0 N–H and O–H groups in total. The summed E-state index contributed by atoms with van der Waals surface area (Å²) in [6.07, 6.45) is 0. The van der Waals surface area contributed by atoms with E-state index in [0.717, 1.165) is 26.7 Å². The van der Waals surface area contributed by atoms with Crippen LogP contribution in [0.5, 0.6) is 0 Å². The number of hydrogen-bond acceptors (Lipinski definition) is 4. The highest BCUT2D eigenvalue weighted by Gasteiger charge is 2.21. The maximum absolute atomic E-state index is 12.7. The molecule has 0 bridgehead atoms. The van der Waals surface area contributed by atoms with Crippen LogP contribution in [0.4, 0.5) is 0 Å². The third kappa shape index (κ3) is 4.97. The van der Waals surface area contributed by atoms with Crippen LogP contribution in [0.3, 0.4) is 0 Å². The number of rotatable bonds is 6. The van der Waals surface area contributed by atoms with Crippen molar-refractivity contribution in [3.05, 3.63) is 99.0 Å². The van der Waals surface area contributed by atoms with Gasteiger partial charge in [-0.05, 0) is 30.3 Å². The van der Waals surface area contributed by atoms with Crippen LogP contribution in [0, 0.1) is 0 Å². The third-order valence-electron chi connectivity index (χ3n) is 4.68. The fraction of sp³-hybridized carbons (Fsp3) is 0.0833. The van der Waals surface area contributed by atoms with Crippen LogP contribution in [-0.4, -0.2) is 15.7 Å². The summed E-state index contributed by atoms with van der Waals surface area (Å²) >= 11 is 19.8. The minimum atomic E-state index is -0.500. The van der Waals surface area contributed by atoms with Crippen LogP contribution in [0.1, 0.15) is 15.9 Å². The summed E-state index contributed by atoms with van der Waals surface area (Å²) in [5, 5.41) is 6.85. The second-order valence-electron chi connectivity index (χ2n) is 6.86. The van der Waals surface area contributed by atoms with Crippen molar-refractivity contribution >= 4 is 52.5 Å². The van der Waals surface area contributed by atoms with E-state index in [-0.39, 0.29) is 6.61 Å². The van der Waals surface area contributed by atoms with E-state index in [2.05, 4.69) is 0 Å². The van der Waals surface area contributed by atoms with E-state index >= 15 is 0 Å². The highest BCUT2D eigenvalue weighted by Crippen LogP contribution is 2.38. The van der Waals surface area contributed by atoms with Crippen molar-refractivity contribution in [1.29, 1.82) is 0 Å². The quantitative estimate of drug-likeness (QED) is 0.255. The Morgan fingerprint density at radius 1 is 0.938 bits per heavy atom. The largest absolute Gasteiger partial charge is 0.457 e. The number of benzene rings is 3. The van der Waals surface area contributed by atoms with Crippen LogP contribution in [0.25, 0.3) is 11.3 Å². The van der Waals surface area contributed by atoms with Crippen LogP contribution in [-0.2, 0) is 18.4 Å². The predicted molar refractivity (Wildman–Crippen MR) is 130 cm³/mol. The zero-order chi connectivity index (χ0) is 22.7. The summed E-state index contributed by atoms with van der Waals surface area (Å²) in [5.74, 6) is -0.500. The summed E-state index contributed by atoms with van der Waals surface area (Å²) in [6, 6.07) is 22.0. The number of esters is 1. The van der Waals surface area contributed by atoms with Gasteiger partial charge in [0.2, 0.25) is 0 Å². The van der Waals surface area contributed by atoms with E-state index in [0.29, 0.717) is 20.6 Å². The zero-order valence-electron chi connectivity index (χ0n) is 16.9. The molecule has 0 atom stereocenters. The van der Waals surface area contributed by atoms with Gasteiger partial charge in [0, 0.05) is 23.1 Å². The van der Waals surface area contributed by atoms with Gasteiger partial charge in [0.1, 0.15) is 17.3 Å². The molecule has 1 heterocycles. The van der Waals surface area contributed by atoms with E-state index in [9.17, 15) is 4.79 Å². The number of aryl methyl sites for hydroxylation is 1. The standard InChI is InChI=1S/C24H17Cl3N2O2S/c1-29-23(32-21-10-6-5-9-19(21)26)17(22(28-29)15-7-3-2-4-8-15)14-31-24(30)16-11-12-18(25)20(27)13-16/h2-13H,14H2,1H3. The van der Waals surface area contributed by atoms with Crippen molar-refractivity contribution in [3.63, 3.8) is 0 Å². The lowest BCUT2D eigenvalue weighted by Gasteiger charge is -2.10. The Balaban J connectivity index is 1.68. The SMILES string of the molecule is Cn1nc(-c2ccccc2)c(COC(=O)c2ccc(Cl)c(Cl)c2)c1Sc1ccccc1Cl. The molecule has 0 amide bonds. The van der Waals surface area contributed by atoms with Gasteiger partial charge >= 0.3 is 5.97 Å². The van der Waals surface area contributed by atoms with Gasteiger partial charge in [0.05, 0.1) is 20.6 Å². The van der Waals surface area contributed by atoms with E-state index in [1.165, 1.54) is 17.8 Å². The molecule has 0 spiro atoms. The molecule has 4 rings (SSSR count). The van der Waals surface area contributed by atoms with Crippen molar-refractivity contribution in [2.24, 2.45) is 7.05 Å². The lowest BCUT2D eigenvalue weighted by molar-refractivity contribution is 0.0470. The van der Waals surface area contributed by atoms with Gasteiger partial charge in [-0.1, -0.05) is 89.0 Å². The molecule has 0 aliphatic rings. The first-order valence-corrected chi connectivity index (χ1v) is 11.5. The van der Waals surface area contributed by atoms with E-state index in [1.54, 1.807) is 16.8 Å². The molecule has 8 heteroatoms. The van der Waals surface area contributed by atoms with Gasteiger partial charge in [-0.25, -0.2) is 4.79 Å². The van der Waals surface area contributed by atoms with Crippen molar-refractivity contribution in [3.8, 4) is 11.3 Å². The summed E-state index contributed by atoms with van der Waals surface area (Å²) < 4.78 is 7.43. The number of aromatic nitrogens is 2. The highest BCUT2D eigenvalue weighted by molar-refractivity contribution is 7.99. The van der Waals surface area contributed by atoms with Crippen LogP contribution in [0.2, 0.25) is 15.1 Å². The summed E-state index contributed by atoms with van der Waals surface area (Å²) in [6.45, 7) is 0.0317. The minimum Gasteiger partial charge on any atom is -0.457 e. The molecule has 0 radical (unpaired) electrons. The lowest BCUT2D eigenvalue weighted by atomic mass is 10.1. The number of hydrogen-bond donors (Lipinski definition) is 0. The Kier molecular flexibility index (Phi) is 7.11. The lowest BCUT2D eigenvalue weighted by Crippen LogP contribution is -2.06. The van der Waals surface area contributed by atoms with Gasteiger partial charge in [-0.15, -0.1) is 0 Å². The predicted octanol–water partition coefficient (Wildman–Crippen LogP) is 7.56. The maximum Gasteiger partial charge on any atom is 0.338 e.